The highest BCUT2D eigenvalue weighted by atomic mass is 35.5. The average Bonchev–Trinajstić information content (AvgIpc) is 3.36. The van der Waals surface area contributed by atoms with Gasteiger partial charge in [-0.2, -0.15) is 5.26 Å². The third kappa shape index (κ3) is 5.50. The number of nitrogens with one attached hydrogen (secondary N) is 1. The number of nitrogens with two attached hydrogens (primary N) is 1. The molecular formula is C29H27ClN6O2S2. The second-order valence-corrected chi connectivity index (χ2v) is 13.1. The predicted octanol–water partition coefficient (Wildman–Crippen LogP) is 6.17. The highest BCUT2D eigenvalue weighted by Gasteiger charge is 2.45. The number of nitrogens with zero attached hydrogens (tertiary/aromatic N) is 4. The minimum atomic E-state index is -0.546. The molecule has 40 heavy (non-hydrogen) atoms. The maximum Gasteiger partial charge on any atom is 0.234 e. The van der Waals surface area contributed by atoms with E-state index in [-0.39, 0.29) is 28.7 Å². The van der Waals surface area contributed by atoms with Crippen LogP contribution in [0.5, 0.6) is 0 Å². The zero-order chi connectivity index (χ0) is 28.6. The van der Waals surface area contributed by atoms with Gasteiger partial charge in [0.2, 0.25) is 11.0 Å². The van der Waals surface area contributed by atoms with Crippen LogP contribution < -0.4 is 16.0 Å². The maximum absolute atomic E-state index is 13.6. The summed E-state index contributed by atoms with van der Waals surface area (Å²) in [5.74, 6) is -0.442. The molecule has 11 heteroatoms. The van der Waals surface area contributed by atoms with Crippen molar-refractivity contribution in [3.05, 3.63) is 87.3 Å². The molecule has 2 aliphatic rings. The van der Waals surface area contributed by atoms with Crippen molar-refractivity contribution in [1.29, 1.82) is 5.26 Å². The van der Waals surface area contributed by atoms with Crippen LogP contribution in [-0.2, 0) is 9.59 Å². The minimum absolute atomic E-state index is 0.00238. The Morgan fingerprint density at radius 2 is 1.95 bits per heavy atom. The fourth-order valence-electron chi connectivity index (χ4n) is 5.05. The summed E-state index contributed by atoms with van der Waals surface area (Å²) in [6.45, 7) is 6.09. The van der Waals surface area contributed by atoms with Crippen LogP contribution in [0.15, 0.2) is 75.5 Å². The molecule has 8 nitrogen and oxygen atoms in total. The Kier molecular flexibility index (Phi) is 7.73. The van der Waals surface area contributed by atoms with Crippen LogP contribution in [0.4, 0.5) is 10.8 Å². The summed E-state index contributed by atoms with van der Waals surface area (Å²) in [5, 5.41) is 22.6. The highest BCUT2D eigenvalue weighted by Crippen LogP contribution is 2.50. The summed E-state index contributed by atoms with van der Waals surface area (Å²) >= 11 is 8.63. The predicted molar refractivity (Wildman–Crippen MR) is 159 cm³/mol. The number of carbonyl (C=O) groups excluding carboxylic acids is 2. The van der Waals surface area contributed by atoms with E-state index < -0.39 is 5.92 Å². The van der Waals surface area contributed by atoms with Crippen LogP contribution in [-0.4, -0.2) is 27.6 Å². The van der Waals surface area contributed by atoms with E-state index in [4.69, 9.17) is 17.3 Å². The van der Waals surface area contributed by atoms with Gasteiger partial charge < -0.3 is 11.1 Å². The Labute approximate surface area is 245 Å². The molecule has 2 heterocycles. The van der Waals surface area contributed by atoms with Crippen LogP contribution in [0.3, 0.4) is 0 Å². The van der Waals surface area contributed by atoms with Gasteiger partial charge >= 0.3 is 0 Å². The molecule has 2 aromatic carbocycles. The Morgan fingerprint density at radius 3 is 2.65 bits per heavy atom. The molecule has 0 bridgehead atoms. The van der Waals surface area contributed by atoms with Gasteiger partial charge in [-0.25, -0.2) is 0 Å². The lowest BCUT2D eigenvalue weighted by Gasteiger charge is -2.42. The monoisotopic (exact) mass is 590 g/mol. The molecule has 1 amide bonds. The van der Waals surface area contributed by atoms with E-state index in [0.717, 1.165) is 16.8 Å². The van der Waals surface area contributed by atoms with Crippen molar-refractivity contribution < 1.29 is 9.59 Å². The van der Waals surface area contributed by atoms with Gasteiger partial charge in [-0.3, -0.25) is 14.5 Å². The van der Waals surface area contributed by atoms with Crippen LogP contribution in [0.25, 0.3) is 0 Å². The molecule has 1 aromatic heterocycles. The molecule has 204 valence electrons. The van der Waals surface area contributed by atoms with Crippen LogP contribution >= 0.6 is 34.7 Å². The number of aryl methyl sites for hydroxylation is 1. The summed E-state index contributed by atoms with van der Waals surface area (Å²) in [4.78, 5) is 27.9. The fourth-order valence-corrected chi connectivity index (χ4v) is 6.91. The molecule has 0 fully saturated rings. The van der Waals surface area contributed by atoms with Gasteiger partial charge in [0.1, 0.15) is 5.82 Å². The number of hydrogen-bond acceptors (Lipinski definition) is 9. The number of allylic oxidation sites excluding steroid dienone is 3. The van der Waals surface area contributed by atoms with Crippen LogP contribution in [0, 0.1) is 23.7 Å². The number of para-hydroxylation sites is 1. The summed E-state index contributed by atoms with van der Waals surface area (Å²) in [6.07, 6.45) is 0.955. The lowest BCUT2D eigenvalue weighted by atomic mass is 9.68. The molecule has 0 saturated carbocycles. The van der Waals surface area contributed by atoms with Gasteiger partial charge in [0.25, 0.3) is 0 Å². The second kappa shape index (κ2) is 11.1. The van der Waals surface area contributed by atoms with Crippen LogP contribution in [0.2, 0.25) is 5.02 Å². The van der Waals surface area contributed by atoms with E-state index in [2.05, 4.69) is 21.6 Å². The first-order chi connectivity index (χ1) is 19.1. The Bertz CT molecular complexity index is 1600. The smallest absolute Gasteiger partial charge is 0.234 e. The van der Waals surface area contributed by atoms with Gasteiger partial charge in [0.15, 0.2) is 10.1 Å². The number of aromatic nitrogens is 2. The topological polar surface area (TPSA) is 125 Å². The van der Waals surface area contributed by atoms with Crippen molar-refractivity contribution in [1.82, 2.24) is 10.2 Å². The van der Waals surface area contributed by atoms with E-state index in [9.17, 15) is 14.9 Å². The standard InChI is InChI=1S/C29H27ClN6O2S2/c1-16-8-10-17(11-9-16)24-18(14-31)26(32)36(21-12-29(2,3)13-22(37)25(21)24)27-34-35-28(40-27)39-15-23(38)33-20-7-5-4-6-19(20)30/h4-11,24H,12-13,15,32H2,1-3H3,(H,33,38). The number of carbonyl (C=O) groups is 2. The van der Waals surface area contributed by atoms with E-state index in [1.165, 1.54) is 23.1 Å². The molecule has 1 aliphatic carbocycles. The maximum atomic E-state index is 13.6. The molecular weight excluding hydrogens is 564 g/mol. The van der Waals surface area contributed by atoms with Crippen molar-refractivity contribution in [2.45, 2.75) is 43.9 Å². The van der Waals surface area contributed by atoms with Crippen molar-refractivity contribution in [2.24, 2.45) is 11.1 Å². The molecule has 1 atom stereocenters. The molecule has 3 aromatic rings. The largest absolute Gasteiger partial charge is 0.384 e. The van der Waals surface area contributed by atoms with Gasteiger partial charge in [0, 0.05) is 17.7 Å². The van der Waals surface area contributed by atoms with Gasteiger partial charge in [-0.05, 0) is 36.5 Å². The Morgan fingerprint density at radius 1 is 1.23 bits per heavy atom. The second-order valence-electron chi connectivity index (χ2n) is 10.6. The average molecular weight is 591 g/mol. The van der Waals surface area contributed by atoms with E-state index >= 15 is 0 Å². The Hall–Kier alpha value is -3.65. The first-order valence-electron chi connectivity index (χ1n) is 12.6. The summed E-state index contributed by atoms with van der Waals surface area (Å²) < 4.78 is 0.555. The number of thioether (sulfide) groups is 1. The van der Waals surface area contributed by atoms with E-state index in [1.54, 1.807) is 29.2 Å². The molecule has 0 saturated heterocycles. The normalized spacial score (nSPS) is 18.4. The van der Waals surface area contributed by atoms with Crippen molar-refractivity contribution in [2.75, 3.05) is 16.0 Å². The SMILES string of the molecule is Cc1ccc(C2C(C#N)=C(N)N(c3nnc(SCC(=O)Nc4ccccc4Cl)s3)C3=C2C(=O)CC(C)(C)C3)cc1. The number of nitriles is 1. The van der Waals surface area contributed by atoms with E-state index in [1.807, 2.05) is 45.0 Å². The number of anilines is 2. The zero-order valence-corrected chi connectivity index (χ0v) is 24.6. The molecule has 1 unspecified atom stereocenters. The fraction of sp³-hybridized carbons (Fsp3) is 0.276. The molecule has 1 aliphatic heterocycles. The third-order valence-electron chi connectivity index (χ3n) is 6.85. The number of Topliss-reactive ketones (excluding diaryl/α,β-unsaturated/α-hetero) is 1. The molecule has 5 rings (SSSR count). The summed E-state index contributed by atoms with van der Waals surface area (Å²) in [6, 6.07) is 17.1. The van der Waals surface area contributed by atoms with Gasteiger partial charge in [-0.1, -0.05) is 90.5 Å². The number of hydrogen-bond donors (Lipinski definition) is 2. The minimum Gasteiger partial charge on any atom is -0.384 e. The lowest BCUT2D eigenvalue weighted by Crippen LogP contribution is -2.42. The van der Waals surface area contributed by atoms with Crippen LogP contribution in [0.1, 0.15) is 43.7 Å². The number of ketones is 1. The molecule has 3 N–H and O–H groups in total. The summed E-state index contributed by atoms with van der Waals surface area (Å²) in [7, 11) is 0. The zero-order valence-electron chi connectivity index (χ0n) is 22.2. The first kappa shape index (κ1) is 27.9. The van der Waals surface area contributed by atoms with Crippen molar-refractivity contribution in [3.63, 3.8) is 0 Å². The number of halogens is 1. The third-order valence-corrected chi connectivity index (χ3v) is 9.22. The molecule has 0 radical (unpaired) electrons. The highest BCUT2D eigenvalue weighted by molar-refractivity contribution is 8.01. The van der Waals surface area contributed by atoms with Crippen molar-refractivity contribution in [3.8, 4) is 6.07 Å². The summed E-state index contributed by atoms with van der Waals surface area (Å²) in [5.41, 5.74) is 10.5. The van der Waals surface area contributed by atoms with Crippen molar-refractivity contribution >= 4 is 57.2 Å². The van der Waals surface area contributed by atoms with E-state index in [0.29, 0.717) is 44.2 Å². The number of amides is 1. The lowest BCUT2D eigenvalue weighted by molar-refractivity contribution is -0.118. The number of rotatable bonds is 6. The quantitative estimate of drug-likeness (QED) is 0.326. The molecule has 0 spiro atoms. The van der Waals surface area contributed by atoms with Gasteiger partial charge in [0.05, 0.1) is 34.0 Å². The van der Waals surface area contributed by atoms with Gasteiger partial charge in [-0.15, -0.1) is 10.2 Å². The Balaban J connectivity index is 1.47. The first-order valence-corrected chi connectivity index (χ1v) is 14.8. The number of benzene rings is 2.